The van der Waals surface area contributed by atoms with Crippen molar-refractivity contribution in [1.82, 2.24) is 0 Å². The molecule has 5 nitrogen and oxygen atoms in total. The van der Waals surface area contributed by atoms with E-state index in [1.807, 2.05) is 25.1 Å². The van der Waals surface area contributed by atoms with E-state index in [-0.39, 0.29) is 22.9 Å². The lowest BCUT2D eigenvalue weighted by molar-refractivity contribution is -0.118. The van der Waals surface area contributed by atoms with Gasteiger partial charge < -0.3 is 9.47 Å². The molecule has 25 heavy (non-hydrogen) atoms. The average molecular weight is 368 g/mol. The molecule has 0 aliphatic carbocycles. The van der Waals surface area contributed by atoms with Gasteiger partial charge in [-0.3, -0.25) is 4.79 Å². The number of hydrogen-bond acceptors (Lipinski definition) is 5. The number of benzene rings is 1. The third-order valence-electron chi connectivity index (χ3n) is 4.31. The lowest BCUT2D eigenvalue weighted by atomic mass is 10.0. The normalized spacial score (nSPS) is 16.9. The molecule has 0 saturated carbocycles. The number of hydrogen-bond donors (Lipinski definition) is 0. The van der Waals surface area contributed by atoms with Crippen molar-refractivity contribution in [3.63, 3.8) is 0 Å². The number of rotatable bonds is 9. The predicted octanol–water partition coefficient (Wildman–Crippen LogP) is 3.34. The van der Waals surface area contributed by atoms with Crippen molar-refractivity contribution in [2.45, 2.75) is 64.2 Å². The van der Waals surface area contributed by atoms with Gasteiger partial charge in [0, 0.05) is 12.8 Å². The van der Waals surface area contributed by atoms with Crippen LogP contribution in [-0.4, -0.2) is 37.9 Å². The van der Waals surface area contributed by atoms with E-state index in [9.17, 15) is 13.2 Å². The molecule has 0 spiro atoms. The maximum absolute atomic E-state index is 12.1. The Morgan fingerprint density at radius 1 is 1.20 bits per heavy atom. The summed E-state index contributed by atoms with van der Waals surface area (Å²) < 4.78 is 34.7. The largest absolute Gasteiger partial charge is 0.486 e. The molecule has 0 fully saturated rings. The Kier molecular flexibility index (Phi) is 6.87. The topological polar surface area (TPSA) is 69.7 Å². The molecular weight excluding hydrogens is 340 g/mol. The summed E-state index contributed by atoms with van der Waals surface area (Å²) in [6, 6.07) is 5.62. The first-order chi connectivity index (χ1) is 11.8. The summed E-state index contributed by atoms with van der Waals surface area (Å²) in [7, 11) is -2.97. The Labute approximate surface area is 150 Å². The first-order valence-corrected chi connectivity index (χ1v) is 10.6. The highest BCUT2D eigenvalue weighted by Crippen LogP contribution is 2.32. The minimum Gasteiger partial charge on any atom is -0.486 e. The zero-order valence-corrected chi connectivity index (χ0v) is 16.1. The standard InChI is InChI=1S/C19H28O5S/c1-14(2)25(21,22)10-6-4-5-7-17(20)11-16-8-9-18-19(12-16)24-15(3)13-23-18/h8-9,12,14-15H,4-7,10-11,13H2,1-3H3. The molecule has 1 aromatic carbocycles. The lowest BCUT2D eigenvalue weighted by Crippen LogP contribution is -2.25. The fourth-order valence-corrected chi connectivity index (χ4v) is 3.76. The van der Waals surface area contributed by atoms with Crippen molar-refractivity contribution in [2.24, 2.45) is 0 Å². The Balaban J connectivity index is 1.73. The molecule has 0 N–H and O–H groups in total. The summed E-state index contributed by atoms with van der Waals surface area (Å²) in [5.74, 6) is 1.79. The second-order valence-corrected chi connectivity index (χ2v) is 9.64. The highest BCUT2D eigenvalue weighted by atomic mass is 32.2. The van der Waals surface area contributed by atoms with Gasteiger partial charge in [0.2, 0.25) is 0 Å². The van der Waals surface area contributed by atoms with Gasteiger partial charge in [-0.1, -0.05) is 12.5 Å². The summed E-state index contributed by atoms with van der Waals surface area (Å²) in [5.41, 5.74) is 0.920. The van der Waals surface area contributed by atoms with E-state index >= 15 is 0 Å². The van der Waals surface area contributed by atoms with Crippen LogP contribution < -0.4 is 9.47 Å². The number of ketones is 1. The monoisotopic (exact) mass is 368 g/mol. The molecule has 0 bridgehead atoms. The van der Waals surface area contributed by atoms with Crippen molar-refractivity contribution < 1.29 is 22.7 Å². The zero-order chi connectivity index (χ0) is 18.4. The molecular formula is C19H28O5S. The van der Waals surface area contributed by atoms with Crippen LogP contribution in [0.25, 0.3) is 0 Å². The number of carbonyl (C=O) groups excluding carboxylic acids is 1. The fourth-order valence-electron chi connectivity index (χ4n) is 2.69. The van der Waals surface area contributed by atoms with Gasteiger partial charge in [0.25, 0.3) is 0 Å². The summed E-state index contributed by atoms with van der Waals surface area (Å²) in [5, 5.41) is -0.327. The maximum atomic E-state index is 12.1. The van der Waals surface area contributed by atoms with Gasteiger partial charge in [-0.25, -0.2) is 8.42 Å². The van der Waals surface area contributed by atoms with Gasteiger partial charge >= 0.3 is 0 Å². The minimum atomic E-state index is -2.97. The van der Waals surface area contributed by atoms with Crippen molar-refractivity contribution >= 4 is 15.6 Å². The number of ether oxygens (including phenoxy) is 2. The third-order valence-corrected chi connectivity index (χ3v) is 6.61. The van der Waals surface area contributed by atoms with Crippen LogP contribution >= 0.6 is 0 Å². The molecule has 0 aromatic heterocycles. The second kappa shape index (κ2) is 8.70. The molecule has 1 unspecified atom stereocenters. The first-order valence-electron chi connectivity index (χ1n) is 8.93. The molecule has 1 aliphatic rings. The van der Waals surface area contributed by atoms with Crippen LogP contribution in [0.15, 0.2) is 18.2 Å². The first kappa shape index (κ1) is 19.8. The van der Waals surface area contributed by atoms with E-state index < -0.39 is 9.84 Å². The van der Waals surface area contributed by atoms with Crippen LogP contribution in [-0.2, 0) is 21.1 Å². The van der Waals surface area contributed by atoms with E-state index in [1.165, 1.54) is 0 Å². The summed E-state index contributed by atoms with van der Waals surface area (Å²) in [4.78, 5) is 12.1. The van der Waals surface area contributed by atoms with Crippen molar-refractivity contribution in [1.29, 1.82) is 0 Å². The SMILES string of the molecule is CC1COc2ccc(CC(=O)CCCCCS(=O)(=O)C(C)C)cc2O1. The van der Waals surface area contributed by atoms with Crippen LogP contribution in [0, 0.1) is 0 Å². The van der Waals surface area contributed by atoms with Gasteiger partial charge in [0.1, 0.15) is 18.5 Å². The smallest absolute Gasteiger partial charge is 0.162 e. The van der Waals surface area contributed by atoms with Crippen LogP contribution in [0.4, 0.5) is 0 Å². The predicted molar refractivity (Wildman–Crippen MR) is 98.1 cm³/mol. The van der Waals surface area contributed by atoms with Gasteiger partial charge in [-0.05, 0) is 51.3 Å². The Morgan fingerprint density at radius 3 is 2.68 bits per heavy atom. The van der Waals surface area contributed by atoms with E-state index in [0.717, 1.165) is 24.2 Å². The molecule has 1 atom stereocenters. The molecule has 6 heteroatoms. The van der Waals surface area contributed by atoms with E-state index in [0.29, 0.717) is 31.6 Å². The van der Waals surface area contributed by atoms with Crippen molar-refractivity contribution in [2.75, 3.05) is 12.4 Å². The van der Waals surface area contributed by atoms with E-state index in [2.05, 4.69) is 0 Å². The minimum absolute atomic E-state index is 0.0144. The Bertz CT molecular complexity index is 694. The highest BCUT2D eigenvalue weighted by molar-refractivity contribution is 7.91. The third kappa shape index (κ3) is 6.03. The molecule has 1 aromatic rings. The molecule has 140 valence electrons. The highest BCUT2D eigenvalue weighted by Gasteiger charge is 2.18. The molecule has 1 heterocycles. The summed E-state index contributed by atoms with van der Waals surface area (Å²) >= 11 is 0. The number of carbonyl (C=O) groups is 1. The van der Waals surface area contributed by atoms with Crippen LogP contribution in [0.5, 0.6) is 11.5 Å². The average Bonchev–Trinajstić information content (AvgIpc) is 2.53. The van der Waals surface area contributed by atoms with Crippen molar-refractivity contribution in [3.8, 4) is 11.5 Å². The van der Waals surface area contributed by atoms with Crippen LogP contribution in [0.1, 0.15) is 52.0 Å². The number of sulfone groups is 1. The molecule has 0 amide bonds. The van der Waals surface area contributed by atoms with E-state index in [4.69, 9.17) is 9.47 Å². The fraction of sp³-hybridized carbons (Fsp3) is 0.632. The van der Waals surface area contributed by atoms with Crippen LogP contribution in [0.3, 0.4) is 0 Å². The Hall–Kier alpha value is -1.56. The molecule has 1 aliphatic heterocycles. The van der Waals surface area contributed by atoms with Gasteiger partial charge in [0.05, 0.1) is 11.0 Å². The number of fused-ring (bicyclic) bond motifs is 1. The Morgan fingerprint density at radius 2 is 1.96 bits per heavy atom. The summed E-state index contributed by atoms with van der Waals surface area (Å²) in [6.45, 7) is 5.89. The molecule has 2 rings (SSSR count). The molecule has 0 radical (unpaired) electrons. The number of Topliss-reactive ketones (excluding diaryl/α,β-unsaturated/α-hetero) is 1. The van der Waals surface area contributed by atoms with Crippen LogP contribution in [0.2, 0.25) is 0 Å². The lowest BCUT2D eigenvalue weighted by Gasteiger charge is -2.24. The quantitative estimate of drug-likeness (QED) is 0.625. The van der Waals surface area contributed by atoms with Crippen molar-refractivity contribution in [3.05, 3.63) is 23.8 Å². The maximum Gasteiger partial charge on any atom is 0.162 e. The number of unbranched alkanes of at least 4 members (excludes halogenated alkanes) is 2. The van der Waals surface area contributed by atoms with E-state index in [1.54, 1.807) is 13.8 Å². The van der Waals surface area contributed by atoms with Gasteiger partial charge in [0.15, 0.2) is 21.3 Å². The zero-order valence-electron chi connectivity index (χ0n) is 15.3. The molecule has 0 saturated heterocycles. The summed E-state index contributed by atoms with van der Waals surface area (Å²) in [6.07, 6.45) is 2.97. The van der Waals surface area contributed by atoms with Gasteiger partial charge in [-0.15, -0.1) is 0 Å². The van der Waals surface area contributed by atoms with Gasteiger partial charge in [-0.2, -0.15) is 0 Å². The second-order valence-electron chi connectivity index (χ2n) is 6.96.